The summed E-state index contributed by atoms with van der Waals surface area (Å²) in [5, 5.41) is 0. The Morgan fingerprint density at radius 2 is 2.11 bits per heavy atom. The van der Waals surface area contributed by atoms with Gasteiger partial charge in [0.25, 0.3) is 5.91 Å². The number of benzene rings is 1. The highest BCUT2D eigenvalue weighted by Crippen LogP contribution is 2.18. The first-order chi connectivity index (χ1) is 8.66. The first-order valence-corrected chi connectivity index (χ1v) is 6.67. The first-order valence-electron chi connectivity index (χ1n) is 6.67. The largest absolute Gasteiger partial charge is 0.481 e. The van der Waals surface area contributed by atoms with Gasteiger partial charge in [-0.15, -0.1) is 0 Å². The van der Waals surface area contributed by atoms with Gasteiger partial charge >= 0.3 is 0 Å². The van der Waals surface area contributed by atoms with E-state index in [-0.39, 0.29) is 5.91 Å². The van der Waals surface area contributed by atoms with Crippen molar-refractivity contribution in [3.8, 4) is 5.75 Å². The summed E-state index contributed by atoms with van der Waals surface area (Å²) < 4.78 is 5.67. The van der Waals surface area contributed by atoms with Crippen molar-refractivity contribution in [2.45, 2.75) is 32.8 Å². The van der Waals surface area contributed by atoms with Crippen LogP contribution < -0.4 is 4.74 Å². The molecule has 0 N–H and O–H groups in total. The van der Waals surface area contributed by atoms with Crippen LogP contribution in [0.4, 0.5) is 0 Å². The fraction of sp³-hybridized carbons (Fsp3) is 0.533. The zero-order valence-corrected chi connectivity index (χ0v) is 11.1. The summed E-state index contributed by atoms with van der Waals surface area (Å²) in [6.07, 6.45) is 1.92. The molecule has 1 aromatic rings. The summed E-state index contributed by atoms with van der Waals surface area (Å²) in [4.78, 5) is 14.2. The van der Waals surface area contributed by atoms with Crippen molar-refractivity contribution < 1.29 is 9.53 Å². The van der Waals surface area contributed by atoms with Crippen LogP contribution in [0.25, 0.3) is 0 Å². The Balaban J connectivity index is 1.92. The van der Waals surface area contributed by atoms with Crippen LogP contribution in [-0.4, -0.2) is 30.0 Å². The minimum atomic E-state index is -0.405. The second kappa shape index (κ2) is 5.89. The number of ether oxygens (including phenoxy) is 1. The molecule has 1 aromatic carbocycles. The van der Waals surface area contributed by atoms with Crippen molar-refractivity contribution >= 4 is 5.91 Å². The summed E-state index contributed by atoms with van der Waals surface area (Å²) in [7, 11) is 0. The van der Waals surface area contributed by atoms with Crippen LogP contribution in [-0.2, 0) is 4.79 Å². The van der Waals surface area contributed by atoms with Crippen molar-refractivity contribution in [3.63, 3.8) is 0 Å². The predicted octanol–water partition coefficient (Wildman–Crippen LogP) is 2.71. The molecule has 0 radical (unpaired) electrons. The number of amides is 1. The standard InChI is InChI=1S/C15H21NO2/c1-12-7-6-10-16(11-12)15(17)13(2)18-14-8-4-3-5-9-14/h3-5,8-9,12-13H,6-7,10-11H2,1-2H3/t12-,13-/m1/s1. The number of piperidine rings is 1. The number of likely N-dealkylation sites (tertiary alicyclic amines) is 1. The zero-order valence-electron chi connectivity index (χ0n) is 11.1. The third-order valence-electron chi connectivity index (χ3n) is 3.37. The van der Waals surface area contributed by atoms with Gasteiger partial charge in [-0.3, -0.25) is 4.79 Å². The van der Waals surface area contributed by atoms with E-state index in [4.69, 9.17) is 4.74 Å². The van der Waals surface area contributed by atoms with Crippen molar-refractivity contribution in [2.24, 2.45) is 5.92 Å². The van der Waals surface area contributed by atoms with E-state index in [1.807, 2.05) is 42.2 Å². The molecular weight excluding hydrogens is 226 g/mol. The smallest absolute Gasteiger partial charge is 0.263 e. The van der Waals surface area contributed by atoms with Crippen molar-refractivity contribution in [2.75, 3.05) is 13.1 Å². The van der Waals surface area contributed by atoms with Gasteiger partial charge in [0, 0.05) is 13.1 Å². The maximum atomic E-state index is 12.2. The molecule has 0 saturated carbocycles. The predicted molar refractivity (Wildman–Crippen MR) is 71.5 cm³/mol. The number of carbonyl (C=O) groups excluding carboxylic acids is 1. The fourth-order valence-electron chi connectivity index (χ4n) is 2.40. The number of para-hydroxylation sites is 1. The van der Waals surface area contributed by atoms with Crippen LogP contribution in [0.5, 0.6) is 5.75 Å². The van der Waals surface area contributed by atoms with E-state index in [0.717, 1.165) is 25.3 Å². The number of hydrogen-bond acceptors (Lipinski definition) is 2. The molecule has 0 aromatic heterocycles. The van der Waals surface area contributed by atoms with Crippen molar-refractivity contribution in [1.29, 1.82) is 0 Å². The molecule has 1 fully saturated rings. The minimum absolute atomic E-state index is 0.102. The van der Waals surface area contributed by atoms with E-state index in [9.17, 15) is 4.79 Å². The van der Waals surface area contributed by atoms with Gasteiger partial charge in [0.2, 0.25) is 0 Å². The van der Waals surface area contributed by atoms with Gasteiger partial charge in [0.1, 0.15) is 5.75 Å². The summed E-state index contributed by atoms with van der Waals surface area (Å²) in [5.74, 6) is 1.46. The zero-order chi connectivity index (χ0) is 13.0. The molecule has 2 rings (SSSR count). The molecule has 1 aliphatic heterocycles. The molecule has 0 bridgehead atoms. The molecule has 1 amide bonds. The third-order valence-corrected chi connectivity index (χ3v) is 3.37. The van der Waals surface area contributed by atoms with E-state index in [2.05, 4.69) is 6.92 Å². The van der Waals surface area contributed by atoms with Crippen LogP contribution >= 0.6 is 0 Å². The number of rotatable bonds is 3. The molecule has 98 valence electrons. The Bertz CT molecular complexity index is 391. The molecule has 1 saturated heterocycles. The maximum Gasteiger partial charge on any atom is 0.263 e. The molecular formula is C15H21NO2. The second-order valence-corrected chi connectivity index (χ2v) is 5.10. The summed E-state index contributed by atoms with van der Waals surface area (Å²) in [5.41, 5.74) is 0. The molecule has 3 heteroatoms. The Morgan fingerprint density at radius 1 is 1.39 bits per heavy atom. The first kappa shape index (κ1) is 12.9. The van der Waals surface area contributed by atoms with E-state index < -0.39 is 6.10 Å². The minimum Gasteiger partial charge on any atom is -0.481 e. The lowest BCUT2D eigenvalue weighted by molar-refractivity contribution is -0.139. The number of carbonyl (C=O) groups is 1. The Hall–Kier alpha value is -1.51. The molecule has 0 spiro atoms. The third kappa shape index (κ3) is 3.25. The number of hydrogen-bond donors (Lipinski definition) is 0. The van der Waals surface area contributed by atoms with Crippen molar-refractivity contribution in [1.82, 2.24) is 4.90 Å². The van der Waals surface area contributed by atoms with E-state index >= 15 is 0 Å². The Kier molecular flexibility index (Phi) is 4.24. The van der Waals surface area contributed by atoms with Gasteiger partial charge in [0.15, 0.2) is 6.10 Å². The van der Waals surface area contributed by atoms with Gasteiger partial charge in [-0.25, -0.2) is 0 Å². The lowest BCUT2D eigenvalue weighted by Crippen LogP contribution is -2.45. The van der Waals surface area contributed by atoms with Crippen LogP contribution in [0.3, 0.4) is 0 Å². The van der Waals surface area contributed by atoms with Gasteiger partial charge in [0.05, 0.1) is 0 Å². The van der Waals surface area contributed by atoms with Crippen LogP contribution in [0.15, 0.2) is 30.3 Å². The monoisotopic (exact) mass is 247 g/mol. The average Bonchev–Trinajstić information content (AvgIpc) is 2.39. The van der Waals surface area contributed by atoms with Crippen LogP contribution in [0.2, 0.25) is 0 Å². The van der Waals surface area contributed by atoms with E-state index in [1.54, 1.807) is 0 Å². The van der Waals surface area contributed by atoms with E-state index in [0.29, 0.717) is 5.92 Å². The summed E-state index contributed by atoms with van der Waals surface area (Å²) in [6.45, 7) is 5.75. The Labute approximate surface area is 109 Å². The van der Waals surface area contributed by atoms with Gasteiger partial charge in [-0.2, -0.15) is 0 Å². The van der Waals surface area contributed by atoms with Gasteiger partial charge < -0.3 is 9.64 Å². The fourth-order valence-corrected chi connectivity index (χ4v) is 2.40. The Morgan fingerprint density at radius 3 is 2.78 bits per heavy atom. The highest BCUT2D eigenvalue weighted by atomic mass is 16.5. The van der Waals surface area contributed by atoms with Crippen molar-refractivity contribution in [3.05, 3.63) is 30.3 Å². The molecule has 2 atom stereocenters. The molecule has 1 heterocycles. The normalized spacial score (nSPS) is 21.4. The van der Waals surface area contributed by atoms with Crippen LogP contribution in [0, 0.1) is 5.92 Å². The van der Waals surface area contributed by atoms with Gasteiger partial charge in [-0.05, 0) is 37.8 Å². The molecule has 18 heavy (non-hydrogen) atoms. The van der Waals surface area contributed by atoms with E-state index in [1.165, 1.54) is 6.42 Å². The SMILES string of the molecule is C[C@@H]1CCCN(C(=O)[C@@H](C)Oc2ccccc2)C1. The lowest BCUT2D eigenvalue weighted by Gasteiger charge is -2.32. The molecule has 3 nitrogen and oxygen atoms in total. The molecule has 1 aliphatic rings. The van der Waals surface area contributed by atoms with Crippen LogP contribution in [0.1, 0.15) is 26.7 Å². The highest BCUT2D eigenvalue weighted by molar-refractivity contribution is 5.81. The summed E-state index contributed by atoms with van der Waals surface area (Å²) in [6, 6.07) is 9.52. The topological polar surface area (TPSA) is 29.5 Å². The highest BCUT2D eigenvalue weighted by Gasteiger charge is 2.25. The maximum absolute atomic E-state index is 12.2. The van der Waals surface area contributed by atoms with Gasteiger partial charge in [-0.1, -0.05) is 25.1 Å². The lowest BCUT2D eigenvalue weighted by atomic mass is 10.00. The average molecular weight is 247 g/mol. The quantitative estimate of drug-likeness (QED) is 0.822. The second-order valence-electron chi connectivity index (χ2n) is 5.10. The summed E-state index contributed by atoms with van der Waals surface area (Å²) >= 11 is 0. The number of nitrogens with zero attached hydrogens (tertiary/aromatic N) is 1. The molecule has 0 aliphatic carbocycles. The molecule has 0 unspecified atom stereocenters.